The van der Waals surface area contributed by atoms with E-state index in [1.807, 2.05) is 0 Å². The third-order valence-electron chi connectivity index (χ3n) is 2.99. The number of amides is 3. The van der Waals surface area contributed by atoms with Gasteiger partial charge in [0.2, 0.25) is 11.7 Å². The molecule has 0 aliphatic heterocycles. The molecule has 1 aromatic rings. The fourth-order valence-electron chi connectivity index (χ4n) is 1.90. The lowest BCUT2D eigenvalue weighted by Gasteiger charge is -2.19. The number of carboxylic acid groups (broad SMARTS) is 1. The number of nitrogens with one attached hydrogen (secondary N) is 3. The minimum atomic E-state index is -1.02. The van der Waals surface area contributed by atoms with E-state index in [0.717, 1.165) is 0 Å². The van der Waals surface area contributed by atoms with Gasteiger partial charge in [0.1, 0.15) is 5.60 Å². The summed E-state index contributed by atoms with van der Waals surface area (Å²) in [6.07, 6.45) is 0.625. The summed E-state index contributed by atoms with van der Waals surface area (Å²) in [7, 11) is 1.57. The van der Waals surface area contributed by atoms with Crippen LogP contribution in [-0.4, -0.2) is 57.2 Å². The average Bonchev–Trinajstić information content (AvgIpc) is 2.85. The zero-order valence-corrected chi connectivity index (χ0v) is 15.8. The molecule has 0 aliphatic rings. The van der Waals surface area contributed by atoms with E-state index in [2.05, 4.69) is 20.9 Å². The molecule has 27 heavy (non-hydrogen) atoms. The third kappa shape index (κ3) is 8.70. The molecule has 0 radical (unpaired) electrons. The van der Waals surface area contributed by atoms with Crippen molar-refractivity contribution in [2.75, 3.05) is 18.4 Å². The van der Waals surface area contributed by atoms with Crippen LogP contribution in [0, 0.1) is 0 Å². The Morgan fingerprint density at radius 1 is 1.15 bits per heavy atom. The van der Waals surface area contributed by atoms with Crippen molar-refractivity contribution in [3.8, 4) is 0 Å². The highest BCUT2D eigenvalue weighted by Crippen LogP contribution is 2.08. The molecule has 1 aromatic heterocycles. The van der Waals surface area contributed by atoms with Gasteiger partial charge in [-0.2, -0.15) is 0 Å². The Bertz CT molecular complexity index is 707. The van der Waals surface area contributed by atoms with E-state index >= 15 is 0 Å². The van der Waals surface area contributed by atoms with Crippen LogP contribution in [-0.2, 0) is 21.4 Å². The number of ether oxygens (including phenoxy) is 1. The zero-order valence-electron chi connectivity index (χ0n) is 15.8. The summed E-state index contributed by atoms with van der Waals surface area (Å²) < 4.78 is 6.46. The Morgan fingerprint density at radius 3 is 2.37 bits per heavy atom. The van der Waals surface area contributed by atoms with Gasteiger partial charge in [0, 0.05) is 32.8 Å². The molecule has 0 aliphatic carbocycles. The van der Waals surface area contributed by atoms with Crippen LogP contribution < -0.4 is 16.0 Å². The molecule has 0 spiro atoms. The van der Waals surface area contributed by atoms with Crippen LogP contribution in [0.25, 0.3) is 0 Å². The van der Waals surface area contributed by atoms with E-state index in [-0.39, 0.29) is 37.6 Å². The third-order valence-corrected chi connectivity index (χ3v) is 2.99. The number of hydrogen-bond acceptors (Lipinski definition) is 6. The van der Waals surface area contributed by atoms with Gasteiger partial charge in [-0.3, -0.25) is 14.4 Å². The highest BCUT2D eigenvalue weighted by atomic mass is 16.6. The summed E-state index contributed by atoms with van der Waals surface area (Å²) in [6.45, 7) is 5.25. The number of alkyl carbamates (subject to hydrolysis) is 1. The van der Waals surface area contributed by atoms with Gasteiger partial charge >= 0.3 is 12.1 Å². The molecule has 1 heterocycles. The first-order chi connectivity index (χ1) is 12.5. The fourth-order valence-corrected chi connectivity index (χ4v) is 1.90. The maximum absolute atomic E-state index is 11.9. The number of aryl methyl sites for hydroxylation is 1. The molecule has 4 N–H and O–H groups in total. The Labute approximate surface area is 156 Å². The predicted molar refractivity (Wildman–Crippen MR) is 95.3 cm³/mol. The Morgan fingerprint density at radius 2 is 1.78 bits per heavy atom. The van der Waals surface area contributed by atoms with Crippen molar-refractivity contribution in [3.05, 3.63) is 12.0 Å². The molecular formula is C16H25N5O6. The monoisotopic (exact) mass is 383 g/mol. The molecule has 150 valence electrons. The summed E-state index contributed by atoms with van der Waals surface area (Å²) in [5.74, 6) is -1.78. The van der Waals surface area contributed by atoms with Gasteiger partial charge in [-0.1, -0.05) is 0 Å². The summed E-state index contributed by atoms with van der Waals surface area (Å²) in [5.41, 5.74) is -0.623. The Kier molecular flexibility index (Phi) is 7.76. The first-order valence-electron chi connectivity index (χ1n) is 8.28. The molecule has 11 heteroatoms. The molecule has 0 bridgehead atoms. The first kappa shape index (κ1) is 21.9. The van der Waals surface area contributed by atoms with Crippen molar-refractivity contribution in [1.29, 1.82) is 0 Å². The zero-order chi connectivity index (χ0) is 20.6. The second kappa shape index (κ2) is 9.55. The number of aliphatic carboxylic acids is 1. The lowest BCUT2D eigenvalue weighted by Crippen LogP contribution is -2.34. The fraction of sp³-hybridized carbons (Fsp3) is 0.562. The number of nitrogens with zero attached hydrogens (tertiary/aromatic N) is 2. The van der Waals surface area contributed by atoms with Crippen LogP contribution in [0.3, 0.4) is 0 Å². The maximum Gasteiger partial charge on any atom is 0.407 e. The van der Waals surface area contributed by atoms with Crippen molar-refractivity contribution in [2.45, 2.75) is 39.2 Å². The lowest BCUT2D eigenvalue weighted by molar-refractivity contribution is -0.136. The molecule has 0 aromatic carbocycles. The lowest BCUT2D eigenvalue weighted by atomic mass is 10.2. The summed E-state index contributed by atoms with van der Waals surface area (Å²) in [4.78, 5) is 49.8. The number of carbonyl (C=O) groups excluding carboxylic acids is 3. The number of anilines is 1. The SMILES string of the molecule is Cn1cc(NC(=O)CCNC(=O)OC(C)(C)C)nc1C(=O)NCCC(=O)O. The maximum atomic E-state index is 11.9. The van der Waals surface area contributed by atoms with Crippen molar-refractivity contribution in [3.63, 3.8) is 0 Å². The van der Waals surface area contributed by atoms with Gasteiger partial charge in [0.25, 0.3) is 5.91 Å². The van der Waals surface area contributed by atoms with Gasteiger partial charge in [-0.25, -0.2) is 9.78 Å². The largest absolute Gasteiger partial charge is 0.481 e. The van der Waals surface area contributed by atoms with Crippen molar-refractivity contribution in [2.24, 2.45) is 7.05 Å². The van der Waals surface area contributed by atoms with Crippen LogP contribution >= 0.6 is 0 Å². The number of rotatable bonds is 8. The summed E-state index contributed by atoms with van der Waals surface area (Å²) in [6, 6.07) is 0. The second-order valence-corrected chi connectivity index (χ2v) is 6.69. The molecule has 11 nitrogen and oxygen atoms in total. The van der Waals surface area contributed by atoms with E-state index in [1.54, 1.807) is 27.8 Å². The first-order valence-corrected chi connectivity index (χ1v) is 8.28. The summed E-state index contributed by atoms with van der Waals surface area (Å²) >= 11 is 0. The van der Waals surface area contributed by atoms with Crippen LogP contribution in [0.4, 0.5) is 10.6 Å². The number of aromatic nitrogens is 2. The van der Waals surface area contributed by atoms with E-state index in [4.69, 9.17) is 9.84 Å². The second-order valence-electron chi connectivity index (χ2n) is 6.69. The molecule has 0 fully saturated rings. The van der Waals surface area contributed by atoms with Crippen LogP contribution in [0.2, 0.25) is 0 Å². The quantitative estimate of drug-likeness (QED) is 0.509. The topological polar surface area (TPSA) is 152 Å². The number of imidazole rings is 1. The van der Waals surface area contributed by atoms with Gasteiger partial charge in [-0.05, 0) is 20.8 Å². The molecule has 0 saturated heterocycles. The van der Waals surface area contributed by atoms with Gasteiger partial charge in [0.05, 0.1) is 6.42 Å². The average molecular weight is 383 g/mol. The van der Waals surface area contributed by atoms with E-state index in [9.17, 15) is 19.2 Å². The highest BCUT2D eigenvalue weighted by Gasteiger charge is 2.17. The predicted octanol–water partition coefficient (Wildman–Crippen LogP) is 0.478. The van der Waals surface area contributed by atoms with Crippen LogP contribution in [0.1, 0.15) is 44.2 Å². The molecular weight excluding hydrogens is 358 g/mol. The molecule has 0 unspecified atom stereocenters. The smallest absolute Gasteiger partial charge is 0.407 e. The molecule has 1 rings (SSSR count). The van der Waals surface area contributed by atoms with Gasteiger partial charge in [0.15, 0.2) is 5.82 Å². The number of hydrogen-bond donors (Lipinski definition) is 4. The normalized spacial score (nSPS) is 10.8. The van der Waals surface area contributed by atoms with Crippen LogP contribution in [0.15, 0.2) is 6.20 Å². The van der Waals surface area contributed by atoms with Crippen molar-refractivity contribution in [1.82, 2.24) is 20.2 Å². The van der Waals surface area contributed by atoms with E-state index < -0.39 is 29.5 Å². The minimum Gasteiger partial charge on any atom is -0.481 e. The van der Waals surface area contributed by atoms with Gasteiger partial charge < -0.3 is 30.4 Å². The van der Waals surface area contributed by atoms with Crippen LogP contribution in [0.5, 0.6) is 0 Å². The molecule has 0 saturated carbocycles. The van der Waals surface area contributed by atoms with Gasteiger partial charge in [-0.15, -0.1) is 0 Å². The van der Waals surface area contributed by atoms with E-state index in [0.29, 0.717) is 0 Å². The van der Waals surface area contributed by atoms with E-state index in [1.165, 1.54) is 10.8 Å². The Balaban J connectivity index is 2.46. The molecule has 0 atom stereocenters. The minimum absolute atomic E-state index is 0.00401. The van der Waals surface area contributed by atoms with Crippen molar-refractivity contribution >= 4 is 29.7 Å². The number of carbonyl (C=O) groups is 4. The summed E-state index contributed by atoms with van der Waals surface area (Å²) in [5, 5.41) is 16.0. The van der Waals surface area contributed by atoms with Crippen molar-refractivity contribution < 1.29 is 29.0 Å². The Hall–Kier alpha value is -3.11. The number of carboxylic acids is 1. The molecule has 3 amide bonds. The standard InChI is InChI=1S/C16H25N5O6/c1-16(2,3)27-15(26)18-7-5-11(22)19-10-9-21(4)13(20-10)14(25)17-8-6-12(23)24/h9H,5-8H2,1-4H3,(H,17,25)(H,18,26)(H,19,22)(H,23,24). The highest BCUT2D eigenvalue weighted by molar-refractivity contribution is 5.93.